The molecule has 1 aliphatic rings. The number of carboxylic acids is 1. The summed E-state index contributed by atoms with van der Waals surface area (Å²) in [4.78, 5) is 15.0. The molecule has 0 amide bonds. The molecule has 1 N–H and O–H groups in total. The second-order valence-corrected chi connectivity index (χ2v) is 3.55. The van der Waals surface area contributed by atoms with Gasteiger partial charge < -0.3 is 9.67 Å². The molecule has 4 nitrogen and oxygen atoms in total. The number of hydrogen-bond donors (Lipinski definition) is 1. The van der Waals surface area contributed by atoms with Gasteiger partial charge in [0.1, 0.15) is 5.82 Å². The summed E-state index contributed by atoms with van der Waals surface area (Å²) >= 11 is 0. The highest BCUT2D eigenvalue weighted by Crippen LogP contribution is 2.23. The van der Waals surface area contributed by atoms with Crippen LogP contribution in [0.4, 0.5) is 0 Å². The number of aliphatic carboxylic acids is 1. The first kappa shape index (κ1) is 8.29. The molecular weight excluding hydrogens is 168 g/mol. The Kier molecular flexibility index (Phi) is 1.65. The number of carboxylic acid groups (broad SMARTS) is 1. The first-order valence-corrected chi connectivity index (χ1v) is 4.35. The zero-order valence-corrected chi connectivity index (χ0v) is 7.74. The number of fused-ring (bicyclic) bond motifs is 1. The van der Waals surface area contributed by atoms with Crippen LogP contribution in [0.15, 0.2) is 0 Å². The number of aryl methyl sites for hydroxylation is 1. The molecule has 0 spiro atoms. The molecule has 0 radical (unpaired) electrons. The van der Waals surface area contributed by atoms with Gasteiger partial charge in [0.25, 0.3) is 0 Å². The van der Waals surface area contributed by atoms with Crippen LogP contribution in [0.3, 0.4) is 0 Å². The van der Waals surface area contributed by atoms with E-state index in [-0.39, 0.29) is 5.92 Å². The molecule has 0 saturated carbocycles. The lowest BCUT2D eigenvalue weighted by Gasteiger charge is -2.03. The normalized spacial score (nSPS) is 20.3. The van der Waals surface area contributed by atoms with Crippen LogP contribution in [0, 0.1) is 19.8 Å². The minimum atomic E-state index is -0.720. The molecule has 13 heavy (non-hydrogen) atoms. The molecule has 1 aliphatic heterocycles. The van der Waals surface area contributed by atoms with Gasteiger partial charge in [0, 0.05) is 18.7 Å². The molecule has 0 aromatic carbocycles. The van der Waals surface area contributed by atoms with E-state index in [1.165, 1.54) is 0 Å². The number of rotatable bonds is 1. The van der Waals surface area contributed by atoms with Gasteiger partial charge in [0.05, 0.1) is 11.6 Å². The number of imidazole rings is 1. The third kappa shape index (κ3) is 1.13. The highest BCUT2D eigenvalue weighted by molar-refractivity contribution is 5.70. The standard InChI is InChI=1S/C9H12N2O2/c1-5-6(2)11-4-7(9(12)13)3-8(11)10-5/h7H,3-4H2,1-2H3,(H,12,13). The van der Waals surface area contributed by atoms with Crippen LogP contribution < -0.4 is 0 Å². The van der Waals surface area contributed by atoms with Gasteiger partial charge in [-0.2, -0.15) is 0 Å². The van der Waals surface area contributed by atoms with E-state index in [9.17, 15) is 4.79 Å². The molecule has 1 unspecified atom stereocenters. The Morgan fingerprint density at radius 3 is 2.85 bits per heavy atom. The van der Waals surface area contributed by atoms with Crippen LogP contribution in [0.25, 0.3) is 0 Å². The molecule has 4 heteroatoms. The molecule has 1 atom stereocenters. The van der Waals surface area contributed by atoms with Crippen molar-refractivity contribution >= 4 is 5.97 Å². The van der Waals surface area contributed by atoms with Gasteiger partial charge >= 0.3 is 5.97 Å². The zero-order chi connectivity index (χ0) is 9.59. The predicted octanol–water partition coefficient (Wildman–Crippen LogP) is 0.757. The van der Waals surface area contributed by atoms with Crippen LogP contribution in [-0.2, 0) is 17.8 Å². The third-order valence-corrected chi connectivity index (χ3v) is 2.72. The van der Waals surface area contributed by atoms with Crippen molar-refractivity contribution in [1.82, 2.24) is 9.55 Å². The van der Waals surface area contributed by atoms with E-state index < -0.39 is 5.97 Å². The van der Waals surface area contributed by atoms with Crippen LogP contribution >= 0.6 is 0 Å². The van der Waals surface area contributed by atoms with Crippen LogP contribution in [0.2, 0.25) is 0 Å². The van der Waals surface area contributed by atoms with E-state index in [4.69, 9.17) is 5.11 Å². The Balaban J connectivity index is 2.33. The monoisotopic (exact) mass is 180 g/mol. The fourth-order valence-corrected chi connectivity index (χ4v) is 1.79. The maximum atomic E-state index is 10.7. The van der Waals surface area contributed by atoms with Gasteiger partial charge in [-0.3, -0.25) is 4.79 Å². The molecule has 2 rings (SSSR count). The summed E-state index contributed by atoms with van der Waals surface area (Å²) < 4.78 is 2.01. The molecule has 70 valence electrons. The van der Waals surface area contributed by atoms with E-state index >= 15 is 0 Å². The summed E-state index contributed by atoms with van der Waals surface area (Å²) in [6.07, 6.45) is 0.573. The Labute approximate surface area is 76.2 Å². The maximum Gasteiger partial charge on any atom is 0.308 e. The van der Waals surface area contributed by atoms with Crippen molar-refractivity contribution in [2.24, 2.45) is 5.92 Å². The van der Waals surface area contributed by atoms with Crippen LogP contribution in [0.1, 0.15) is 17.2 Å². The lowest BCUT2D eigenvalue weighted by molar-refractivity contribution is -0.141. The lowest BCUT2D eigenvalue weighted by atomic mass is 10.1. The second-order valence-electron chi connectivity index (χ2n) is 3.55. The van der Waals surface area contributed by atoms with Crippen LogP contribution in [0.5, 0.6) is 0 Å². The van der Waals surface area contributed by atoms with Crippen molar-refractivity contribution in [2.75, 3.05) is 0 Å². The third-order valence-electron chi connectivity index (χ3n) is 2.72. The van der Waals surface area contributed by atoms with Gasteiger partial charge in [0.2, 0.25) is 0 Å². The number of carbonyl (C=O) groups is 1. The fraction of sp³-hybridized carbons (Fsp3) is 0.556. The number of aromatic nitrogens is 2. The van der Waals surface area contributed by atoms with Gasteiger partial charge in [-0.05, 0) is 13.8 Å². The molecule has 1 aromatic rings. The van der Waals surface area contributed by atoms with E-state index in [1.807, 2.05) is 18.4 Å². The maximum absolute atomic E-state index is 10.7. The summed E-state index contributed by atoms with van der Waals surface area (Å²) in [6.45, 7) is 4.52. The van der Waals surface area contributed by atoms with Gasteiger partial charge in [0.15, 0.2) is 0 Å². The largest absolute Gasteiger partial charge is 0.481 e. The SMILES string of the molecule is Cc1nc2n(c1C)CC(C(=O)O)C2. The molecule has 0 aliphatic carbocycles. The topological polar surface area (TPSA) is 55.1 Å². The zero-order valence-electron chi connectivity index (χ0n) is 7.74. The van der Waals surface area contributed by atoms with E-state index in [0.717, 1.165) is 17.2 Å². The second kappa shape index (κ2) is 2.58. The van der Waals surface area contributed by atoms with Crippen molar-refractivity contribution in [3.8, 4) is 0 Å². The van der Waals surface area contributed by atoms with E-state index in [0.29, 0.717) is 13.0 Å². The smallest absolute Gasteiger partial charge is 0.308 e. The fourth-order valence-electron chi connectivity index (χ4n) is 1.79. The van der Waals surface area contributed by atoms with Crippen molar-refractivity contribution < 1.29 is 9.90 Å². The number of nitrogens with zero attached hydrogens (tertiary/aromatic N) is 2. The first-order valence-electron chi connectivity index (χ1n) is 4.35. The quantitative estimate of drug-likeness (QED) is 0.694. The molecule has 1 aromatic heterocycles. The van der Waals surface area contributed by atoms with E-state index in [1.54, 1.807) is 0 Å². The molecule has 0 saturated heterocycles. The lowest BCUT2D eigenvalue weighted by Crippen LogP contribution is -2.15. The summed E-state index contributed by atoms with van der Waals surface area (Å²) in [6, 6.07) is 0. The predicted molar refractivity (Wildman–Crippen MR) is 46.5 cm³/mol. The summed E-state index contributed by atoms with van der Waals surface area (Å²) in [5, 5.41) is 8.82. The first-order chi connectivity index (χ1) is 6.09. The highest BCUT2D eigenvalue weighted by atomic mass is 16.4. The van der Waals surface area contributed by atoms with Crippen LogP contribution in [-0.4, -0.2) is 20.6 Å². The van der Waals surface area contributed by atoms with E-state index in [2.05, 4.69) is 4.98 Å². The minimum Gasteiger partial charge on any atom is -0.481 e. The molecule has 0 fully saturated rings. The van der Waals surface area contributed by atoms with Gasteiger partial charge in [-0.15, -0.1) is 0 Å². The molecule has 0 bridgehead atoms. The Hall–Kier alpha value is -1.32. The van der Waals surface area contributed by atoms with Gasteiger partial charge in [-0.1, -0.05) is 0 Å². The molecular formula is C9H12N2O2. The molecule has 2 heterocycles. The van der Waals surface area contributed by atoms with Crippen molar-refractivity contribution in [3.05, 3.63) is 17.2 Å². The summed E-state index contributed by atoms with van der Waals surface area (Å²) in [5.74, 6) is -0.0771. The average molecular weight is 180 g/mol. The Morgan fingerprint density at radius 2 is 2.31 bits per heavy atom. The minimum absolute atomic E-state index is 0.276. The van der Waals surface area contributed by atoms with Crippen molar-refractivity contribution in [2.45, 2.75) is 26.8 Å². The average Bonchev–Trinajstić information content (AvgIpc) is 2.55. The van der Waals surface area contributed by atoms with Crippen molar-refractivity contribution in [3.63, 3.8) is 0 Å². The Morgan fingerprint density at radius 1 is 1.62 bits per heavy atom. The summed E-state index contributed by atoms with van der Waals surface area (Å²) in [7, 11) is 0. The summed E-state index contributed by atoms with van der Waals surface area (Å²) in [5.41, 5.74) is 2.11. The van der Waals surface area contributed by atoms with Gasteiger partial charge in [-0.25, -0.2) is 4.98 Å². The number of hydrogen-bond acceptors (Lipinski definition) is 2. The highest BCUT2D eigenvalue weighted by Gasteiger charge is 2.29. The van der Waals surface area contributed by atoms with Crippen molar-refractivity contribution in [1.29, 1.82) is 0 Å². The Bertz CT molecular complexity index is 368.